The highest BCUT2D eigenvalue weighted by Gasteiger charge is 2.40. The van der Waals surface area contributed by atoms with E-state index in [4.69, 9.17) is 0 Å². The number of rotatable bonds is 5. The number of pyridine rings is 1. The summed E-state index contributed by atoms with van der Waals surface area (Å²) in [4.78, 5) is 14.4. The summed E-state index contributed by atoms with van der Waals surface area (Å²) in [6.45, 7) is 0.561. The van der Waals surface area contributed by atoms with E-state index >= 15 is 0 Å². The van der Waals surface area contributed by atoms with Crippen molar-refractivity contribution in [3.05, 3.63) is 59.4 Å². The van der Waals surface area contributed by atoms with E-state index in [1.54, 1.807) is 36.4 Å². The normalized spacial score (nSPS) is 15.9. The minimum atomic E-state index is -4.78. The van der Waals surface area contributed by atoms with Crippen LogP contribution in [0.2, 0.25) is 0 Å². The molecule has 0 unspecified atom stereocenters. The number of benzene rings is 1. The van der Waals surface area contributed by atoms with Crippen LogP contribution in [0.3, 0.4) is 0 Å². The lowest BCUT2D eigenvalue weighted by Crippen LogP contribution is -2.37. The zero-order chi connectivity index (χ0) is 25.5. The summed E-state index contributed by atoms with van der Waals surface area (Å²) >= 11 is 0. The number of nitrogens with zero attached hydrogens (tertiary/aromatic N) is 4. The van der Waals surface area contributed by atoms with Gasteiger partial charge >= 0.3 is 6.18 Å². The molecule has 188 valence electrons. The smallest absolute Gasteiger partial charge is 0.378 e. The molecule has 8 nitrogen and oxygen atoms in total. The Morgan fingerprint density at radius 1 is 1.11 bits per heavy atom. The van der Waals surface area contributed by atoms with Gasteiger partial charge in [0.2, 0.25) is 10.0 Å². The Morgan fingerprint density at radius 3 is 2.29 bits per heavy atom. The maximum atomic E-state index is 13.5. The Hall–Kier alpha value is -3.12. The number of aromatic nitrogens is 2. The number of anilines is 1. The maximum Gasteiger partial charge on any atom is 0.436 e. The number of carbonyl (C=O) groups excluding carboxylic acids is 1. The van der Waals surface area contributed by atoms with Crippen LogP contribution >= 0.6 is 0 Å². The van der Waals surface area contributed by atoms with Crippen molar-refractivity contribution in [3.63, 3.8) is 0 Å². The maximum absolute atomic E-state index is 13.5. The molecule has 0 spiro atoms. The van der Waals surface area contributed by atoms with Gasteiger partial charge in [0.15, 0.2) is 5.69 Å². The van der Waals surface area contributed by atoms with Crippen LogP contribution in [0.1, 0.15) is 40.4 Å². The first-order valence-electron chi connectivity index (χ1n) is 11.0. The Morgan fingerprint density at radius 2 is 1.74 bits per heavy atom. The molecular formula is C23H26F3N5O3S. The second-order valence-corrected chi connectivity index (χ2v) is 10.6. The van der Waals surface area contributed by atoms with Gasteiger partial charge in [0.1, 0.15) is 0 Å². The highest BCUT2D eigenvalue weighted by Crippen LogP contribution is 2.36. The zero-order valence-electron chi connectivity index (χ0n) is 19.5. The van der Waals surface area contributed by atoms with E-state index in [0.717, 1.165) is 15.8 Å². The molecule has 0 radical (unpaired) electrons. The molecule has 0 atom stereocenters. The number of piperidine rings is 1. The third kappa shape index (κ3) is 4.72. The average Bonchev–Trinajstić information content (AvgIpc) is 3.23. The molecule has 35 heavy (non-hydrogen) atoms. The molecule has 3 aromatic rings. The van der Waals surface area contributed by atoms with Gasteiger partial charge in [-0.2, -0.15) is 22.6 Å². The van der Waals surface area contributed by atoms with E-state index in [2.05, 4.69) is 10.4 Å². The molecule has 1 saturated heterocycles. The van der Waals surface area contributed by atoms with Crippen molar-refractivity contribution in [2.24, 2.45) is 0 Å². The molecule has 0 bridgehead atoms. The number of nitrogens with one attached hydrogen (secondary N) is 1. The number of carbonyl (C=O) groups is 1. The second-order valence-electron chi connectivity index (χ2n) is 8.66. The van der Waals surface area contributed by atoms with Crippen LogP contribution in [0.25, 0.3) is 5.52 Å². The van der Waals surface area contributed by atoms with Gasteiger partial charge in [0.05, 0.1) is 16.0 Å². The molecule has 2 aromatic heterocycles. The van der Waals surface area contributed by atoms with Crippen LogP contribution in [0.15, 0.2) is 47.5 Å². The van der Waals surface area contributed by atoms with Gasteiger partial charge < -0.3 is 10.2 Å². The van der Waals surface area contributed by atoms with E-state index in [9.17, 15) is 26.4 Å². The number of hydrogen-bond donors (Lipinski definition) is 1. The van der Waals surface area contributed by atoms with Crippen molar-refractivity contribution in [3.8, 4) is 0 Å². The monoisotopic (exact) mass is 509 g/mol. The summed E-state index contributed by atoms with van der Waals surface area (Å²) in [6, 6.07) is 9.88. The van der Waals surface area contributed by atoms with Crippen molar-refractivity contribution >= 4 is 27.1 Å². The predicted molar refractivity (Wildman–Crippen MR) is 125 cm³/mol. The summed E-state index contributed by atoms with van der Waals surface area (Å²) in [7, 11) is 1.35. The average molecular weight is 510 g/mol. The first kappa shape index (κ1) is 25.0. The quantitative estimate of drug-likeness (QED) is 0.570. The minimum absolute atomic E-state index is 0.0604. The summed E-state index contributed by atoms with van der Waals surface area (Å²) in [5.74, 6) is -0.935. The highest BCUT2D eigenvalue weighted by atomic mass is 32.2. The topological polar surface area (TPSA) is 87.0 Å². The summed E-state index contributed by atoms with van der Waals surface area (Å²) in [6.07, 6.45) is -2.37. The Bertz CT molecular complexity index is 1340. The number of alkyl halides is 3. The predicted octanol–water partition coefficient (Wildman–Crippen LogP) is 3.35. The summed E-state index contributed by atoms with van der Waals surface area (Å²) in [5.41, 5.74) is -0.0742. The lowest BCUT2D eigenvalue weighted by Gasteiger charge is -2.31. The van der Waals surface area contributed by atoms with Crippen molar-refractivity contribution < 1.29 is 26.4 Å². The van der Waals surface area contributed by atoms with Gasteiger partial charge in [-0.3, -0.25) is 4.79 Å². The molecule has 1 fully saturated rings. The van der Waals surface area contributed by atoms with Crippen molar-refractivity contribution in [1.82, 2.24) is 19.2 Å². The number of amides is 1. The SMILES string of the molecule is CNC(=O)c1c(C(F)(F)F)nn2ccc(C3CCN(S(=O)(=O)c4ccc(N(C)C)cc4)CC3)cc12. The van der Waals surface area contributed by atoms with E-state index < -0.39 is 33.4 Å². The largest absolute Gasteiger partial charge is 0.436 e. The van der Waals surface area contributed by atoms with Crippen LogP contribution in [-0.2, 0) is 16.2 Å². The number of sulfonamides is 1. The summed E-state index contributed by atoms with van der Waals surface area (Å²) < 4.78 is 69.1. The zero-order valence-corrected chi connectivity index (χ0v) is 20.3. The Labute approximate surface area is 201 Å². The molecule has 3 heterocycles. The third-order valence-corrected chi connectivity index (χ3v) is 8.21. The van der Waals surface area contributed by atoms with Gasteiger partial charge in [0, 0.05) is 46.1 Å². The molecule has 1 aromatic carbocycles. The fourth-order valence-corrected chi connectivity index (χ4v) is 5.83. The van der Waals surface area contributed by atoms with Crippen LogP contribution in [0, 0.1) is 0 Å². The van der Waals surface area contributed by atoms with Crippen molar-refractivity contribution in [2.45, 2.75) is 29.8 Å². The van der Waals surface area contributed by atoms with Crippen molar-refractivity contribution in [1.29, 1.82) is 0 Å². The van der Waals surface area contributed by atoms with Crippen LogP contribution < -0.4 is 10.2 Å². The van der Waals surface area contributed by atoms with E-state index in [1.807, 2.05) is 19.0 Å². The molecule has 1 N–H and O–H groups in total. The molecule has 1 aliphatic heterocycles. The molecule has 0 aliphatic carbocycles. The minimum Gasteiger partial charge on any atom is -0.378 e. The molecule has 0 saturated carbocycles. The van der Waals surface area contributed by atoms with Crippen LogP contribution in [-0.4, -0.2) is 62.5 Å². The van der Waals surface area contributed by atoms with Gasteiger partial charge in [-0.05, 0) is 60.7 Å². The lowest BCUT2D eigenvalue weighted by molar-refractivity contribution is -0.141. The fraction of sp³-hybridized carbons (Fsp3) is 0.391. The summed E-state index contributed by atoms with van der Waals surface area (Å²) in [5, 5.41) is 5.82. The van der Waals surface area contributed by atoms with E-state index in [-0.39, 0.29) is 29.4 Å². The van der Waals surface area contributed by atoms with Crippen LogP contribution in [0.4, 0.5) is 18.9 Å². The Balaban J connectivity index is 1.56. The Kier molecular flexibility index (Phi) is 6.54. The first-order chi connectivity index (χ1) is 16.4. The van der Waals surface area contributed by atoms with E-state index in [1.165, 1.54) is 17.5 Å². The van der Waals surface area contributed by atoms with Gasteiger partial charge in [0.25, 0.3) is 5.91 Å². The highest BCUT2D eigenvalue weighted by molar-refractivity contribution is 7.89. The molecule has 1 amide bonds. The molecular weight excluding hydrogens is 483 g/mol. The number of hydrogen-bond acceptors (Lipinski definition) is 5. The molecule has 12 heteroatoms. The third-order valence-electron chi connectivity index (χ3n) is 6.30. The van der Waals surface area contributed by atoms with Gasteiger partial charge in [-0.1, -0.05) is 0 Å². The standard InChI is InChI=1S/C23H26F3N5O3S/c1-27-22(32)20-19-14-16(10-13-31(19)28-21(20)23(24,25)26)15-8-11-30(12-9-15)35(33,34)18-6-4-17(5-7-18)29(2)3/h4-7,10,13-15H,8-9,11-12H2,1-3H3,(H,27,32). The number of fused-ring (bicyclic) bond motifs is 1. The first-order valence-corrected chi connectivity index (χ1v) is 12.5. The van der Waals surface area contributed by atoms with Gasteiger partial charge in [-0.15, -0.1) is 0 Å². The van der Waals surface area contributed by atoms with E-state index in [0.29, 0.717) is 12.8 Å². The fourth-order valence-electron chi connectivity index (χ4n) is 4.36. The van der Waals surface area contributed by atoms with Gasteiger partial charge in [-0.25, -0.2) is 12.9 Å². The van der Waals surface area contributed by atoms with Crippen LogP contribution in [0.5, 0.6) is 0 Å². The molecule has 1 aliphatic rings. The van der Waals surface area contributed by atoms with Crippen molar-refractivity contribution in [2.75, 3.05) is 39.1 Å². The second kappa shape index (κ2) is 9.15. The molecule has 4 rings (SSSR count). The lowest BCUT2D eigenvalue weighted by atomic mass is 9.90. The number of halogens is 3.